The van der Waals surface area contributed by atoms with Crippen molar-refractivity contribution in [3.8, 4) is 22.8 Å². The summed E-state index contributed by atoms with van der Waals surface area (Å²) < 4.78 is 25.8. The van der Waals surface area contributed by atoms with Crippen LogP contribution in [0.5, 0.6) is 11.5 Å². The van der Waals surface area contributed by atoms with E-state index in [0.29, 0.717) is 44.3 Å². The average molecular weight is 680 g/mol. The summed E-state index contributed by atoms with van der Waals surface area (Å²) in [5.74, 6) is 0.294. The van der Waals surface area contributed by atoms with Gasteiger partial charge >= 0.3 is 0 Å². The van der Waals surface area contributed by atoms with E-state index in [1.165, 1.54) is 29.7 Å². The van der Waals surface area contributed by atoms with E-state index in [9.17, 15) is 9.18 Å². The van der Waals surface area contributed by atoms with Gasteiger partial charge in [0.05, 0.1) is 23.0 Å². The fourth-order valence-electron chi connectivity index (χ4n) is 3.99. The smallest absolute Gasteiger partial charge is 0.271 e. The highest BCUT2D eigenvalue weighted by Gasteiger charge is 2.13. The van der Waals surface area contributed by atoms with Crippen LogP contribution in [0.1, 0.15) is 28.4 Å². The van der Waals surface area contributed by atoms with Crippen molar-refractivity contribution in [2.45, 2.75) is 13.5 Å². The highest BCUT2D eigenvalue weighted by Crippen LogP contribution is 2.37. The van der Waals surface area contributed by atoms with Gasteiger partial charge in [-0.1, -0.05) is 35.9 Å². The number of rotatable bonds is 11. The van der Waals surface area contributed by atoms with Crippen molar-refractivity contribution in [2.24, 2.45) is 5.10 Å². The van der Waals surface area contributed by atoms with Crippen LogP contribution in [0.4, 0.5) is 15.2 Å². The predicted octanol–water partition coefficient (Wildman–Crippen LogP) is 8.85. The predicted molar refractivity (Wildman–Crippen MR) is 173 cm³/mol. The van der Waals surface area contributed by atoms with Gasteiger partial charge in [0.25, 0.3) is 5.91 Å². The minimum Gasteiger partial charge on any atom is -0.490 e. The van der Waals surface area contributed by atoms with Crippen LogP contribution in [0, 0.1) is 5.82 Å². The molecule has 1 aromatic heterocycles. The number of hydrogen-bond donors (Lipinski definition) is 2. The summed E-state index contributed by atoms with van der Waals surface area (Å²) in [6.07, 6.45) is 1.51. The first-order valence-electron chi connectivity index (χ1n) is 13.1. The van der Waals surface area contributed by atoms with E-state index in [0.717, 1.165) is 22.1 Å². The molecule has 4 aromatic carbocycles. The standard InChI is InChI=1S/C32H25BrClFN4O3S/c1-2-41-29-16-21(15-27(33)30(29)42-18-20-4-3-5-25(35)14-20)17-36-39-31(40)23-8-6-22(7-9-23)28-19-43-32(38-28)37-26-12-10-24(34)11-13-26/h3-17,19H,2,18H2,1H3,(H,37,38)(H,39,40)/b36-17-. The average Bonchev–Trinajstić information content (AvgIpc) is 3.47. The number of thiazole rings is 1. The summed E-state index contributed by atoms with van der Waals surface area (Å²) >= 11 is 11.0. The van der Waals surface area contributed by atoms with Crippen LogP contribution in [0.3, 0.4) is 0 Å². The van der Waals surface area contributed by atoms with E-state index in [1.807, 2.05) is 48.7 Å². The molecule has 5 aromatic rings. The Kier molecular flexibility index (Phi) is 10.0. The summed E-state index contributed by atoms with van der Waals surface area (Å²) in [7, 11) is 0. The molecular weight excluding hydrogens is 655 g/mol. The lowest BCUT2D eigenvalue weighted by molar-refractivity contribution is 0.0955. The number of hydrogen-bond acceptors (Lipinski definition) is 7. The summed E-state index contributed by atoms with van der Waals surface area (Å²) in [5.41, 5.74) is 6.95. The Labute approximate surface area is 265 Å². The topological polar surface area (TPSA) is 84.8 Å². The number of nitrogens with one attached hydrogen (secondary N) is 2. The quantitative estimate of drug-likeness (QED) is 0.108. The molecule has 0 radical (unpaired) electrons. The summed E-state index contributed by atoms with van der Waals surface area (Å²) in [6.45, 7) is 2.45. The zero-order valence-electron chi connectivity index (χ0n) is 22.8. The van der Waals surface area contributed by atoms with E-state index in [1.54, 1.807) is 36.4 Å². The highest BCUT2D eigenvalue weighted by molar-refractivity contribution is 9.10. The molecule has 0 unspecified atom stereocenters. The third kappa shape index (κ3) is 8.19. The molecular formula is C32H25BrClFN4O3S. The zero-order chi connectivity index (χ0) is 30.2. The number of nitrogens with zero attached hydrogens (tertiary/aromatic N) is 2. The number of benzene rings is 4. The zero-order valence-corrected chi connectivity index (χ0v) is 26.0. The Morgan fingerprint density at radius 3 is 2.60 bits per heavy atom. The van der Waals surface area contributed by atoms with E-state index < -0.39 is 0 Å². The number of hydrazone groups is 1. The maximum absolute atomic E-state index is 13.5. The molecule has 1 amide bonds. The molecule has 218 valence electrons. The molecule has 0 aliphatic carbocycles. The van der Waals surface area contributed by atoms with Crippen molar-refractivity contribution in [2.75, 3.05) is 11.9 Å². The number of ether oxygens (including phenoxy) is 2. The van der Waals surface area contributed by atoms with E-state index in [-0.39, 0.29) is 18.3 Å². The van der Waals surface area contributed by atoms with Gasteiger partial charge in [0.15, 0.2) is 16.6 Å². The molecule has 43 heavy (non-hydrogen) atoms. The van der Waals surface area contributed by atoms with Crippen molar-refractivity contribution < 1.29 is 18.7 Å². The Morgan fingerprint density at radius 2 is 1.86 bits per heavy atom. The second-order valence-corrected chi connectivity index (χ2v) is 11.3. The minimum atomic E-state index is -0.356. The van der Waals surface area contributed by atoms with Gasteiger partial charge < -0.3 is 14.8 Å². The Bertz CT molecular complexity index is 1750. The molecule has 1 heterocycles. The molecule has 0 saturated carbocycles. The van der Waals surface area contributed by atoms with Crippen LogP contribution in [-0.4, -0.2) is 23.7 Å². The van der Waals surface area contributed by atoms with Gasteiger partial charge in [-0.2, -0.15) is 5.10 Å². The van der Waals surface area contributed by atoms with Crippen molar-refractivity contribution in [3.05, 3.63) is 122 Å². The van der Waals surface area contributed by atoms with Crippen LogP contribution < -0.4 is 20.2 Å². The number of anilines is 2. The first-order chi connectivity index (χ1) is 20.9. The molecule has 0 atom stereocenters. The lowest BCUT2D eigenvalue weighted by atomic mass is 10.1. The monoisotopic (exact) mass is 678 g/mol. The minimum absolute atomic E-state index is 0.169. The number of carbonyl (C=O) groups is 1. The maximum Gasteiger partial charge on any atom is 0.271 e. The molecule has 0 aliphatic rings. The lowest BCUT2D eigenvalue weighted by Crippen LogP contribution is -2.17. The van der Waals surface area contributed by atoms with E-state index >= 15 is 0 Å². The Hall–Kier alpha value is -4.25. The van der Waals surface area contributed by atoms with Gasteiger partial charge in [0, 0.05) is 27.2 Å². The summed E-state index contributed by atoms with van der Waals surface area (Å²) in [6, 6.07) is 24.3. The van der Waals surface area contributed by atoms with Gasteiger partial charge in [-0.3, -0.25) is 4.79 Å². The largest absolute Gasteiger partial charge is 0.490 e. The van der Waals surface area contributed by atoms with Crippen molar-refractivity contribution >= 4 is 61.8 Å². The number of halogens is 3. The van der Waals surface area contributed by atoms with Crippen LogP contribution in [0.25, 0.3) is 11.3 Å². The maximum atomic E-state index is 13.5. The number of carbonyl (C=O) groups excluding carboxylic acids is 1. The second-order valence-electron chi connectivity index (χ2n) is 9.13. The van der Waals surface area contributed by atoms with Gasteiger partial charge in [-0.05, 0) is 94.6 Å². The summed E-state index contributed by atoms with van der Waals surface area (Å²) in [4.78, 5) is 17.3. The van der Waals surface area contributed by atoms with Crippen molar-refractivity contribution in [1.82, 2.24) is 10.4 Å². The van der Waals surface area contributed by atoms with Crippen LogP contribution in [0.15, 0.2) is 99.9 Å². The highest BCUT2D eigenvalue weighted by atomic mass is 79.9. The van der Waals surface area contributed by atoms with Gasteiger partial charge in [-0.15, -0.1) is 11.3 Å². The molecule has 2 N–H and O–H groups in total. The first kappa shape index (κ1) is 30.2. The Morgan fingerprint density at radius 1 is 1.07 bits per heavy atom. The van der Waals surface area contributed by atoms with Gasteiger partial charge in [0.1, 0.15) is 12.4 Å². The van der Waals surface area contributed by atoms with E-state index in [4.69, 9.17) is 21.1 Å². The molecule has 11 heteroatoms. The molecule has 7 nitrogen and oxygen atoms in total. The van der Waals surface area contributed by atoms with Crippen LogP contribution >= 0.6 is 38.9 Å². The summed E-state index contributed by atoms with van der Waals surface area (Å²) in [5, 5.41) is 10.7. The lowest BCUT2D eigenvalue weighted by Gasteiger charge is -2.14. The molecule has 0 aliphatic heterocycles. The van der Waals surface area contributed by atoms with Gasteiger partial charge in [0.2, 0.25) is 0 Å². The van der Waals surface area contributed by atoms with Crippen LogP contribution in [-0.2, 0) is 6.61 Å². The first-order valence-corrected chi connectivity index (χ1v) is 15.2. The third-order valence-electron chi connectivity index (χ3n) is 6.03. The Balaban J connectivity index is 1.20. The fraction of sp³-hybridized carbons (Fsp3) is 0.0938. The van der Waals surface area contributed by atoms with Crippen molar-refractivity contribution in [3.63, 3.8) is 0 Å². The van der Waals surface area contributed by atoms with E-state index in [2.05, 4.69) is 36.8 Å². The molecule has 0 bridgehead atoms. The SMILES string of the molecule is CCOc1cc(/C=N\NC(=O)c2ccc(-c3csc(Nc4ccc(Cl)cc4)n3)cc2)cc(Br)c1OCc1cccc(F)c1. The fourth-order valence-corrected chi connectivity index (χ4v) is 5.43. The van der Waals surface area contributed by atoms with Gasteiger partial charge in [-0.25, -0.2) is 14.8 Å². The molecule has 0 saturated heterocycles. The normalized spacial score (nSPS) is 11.0. The third-order valence-corrected chi connectivity index (χ3v) is 7.62. The number of amides is 1. The molecule has 0 spiro atoms. The number of aromatic nitrogens is 1. The van der Waals surface area contributed by atoms with Crippen molar-refractivity contribution in [1.29, 1.82) is 0 Å². The second kappa shape index (κ2) is 14.3. The molecule has 0 fully saturated rings. The van der Waals surface area contributed by atoms with Crippen LogP contribution in [0.2, 0.25) is 5.02 Å². The molecule has 5 rings (SSSR count).